The Morgan fingerprint density at radius 3 is 2.95 bits per heavy atom. The Labute approximate surface area is 133 Å². The molecule has 0 aliphatic carbocycles. The number of piperazine rings is 1. The molecule has 0 bridgehead atoms. The Bertz CT molecular complexity index is 605. The van der Waals surface area contributed by atoms with E-state index in [1.165, 1.54) is 23.5 Å². The van der Waals surface area contributed by atoms with Gasteiger partial charge in [0.25, 0.3) is 5.91 Å². The number of thiophene rings is 1. The van der Waals surface area contributed by atoms with Crippen molar-refractivity contribution >= 4 is 29.7 Å². The van der Waals surface area contributed by atoms with Crippen molar-refractivity contribution in [1.82, 2.24) is 10.2 Å². The predicted molar refractivity (Wildman–Crippen MR) is 84.6 cm³/mol. The van der Waals surface area contributed by atoms with Gasteiger partial charge in [0.1, 0.15) is 5.82 Å². The van der Waals surface area contributed by atoms with E-state index in [1.54, 1.807) is 6.07 Å². The summed E-state index contributed by atoms with van der Waals surface area (Å²) in [5, 5.41) is 7.02. The molecule has 1 aromatic heterocycles. The summed E-state index contributed by atoms with van der Waals surface area (Å²) in [6.45, 7) is 2.05. The molecule has 1 atom stereocenters. The molecule has 6 heteroatoms. The lowest BCUT2D eigenvalue weighted by atomic mass is 10.0. The van der Waals surface area contributed by atoms with Crippen LogP contribution in [0, 0.1) is 5.82 Å². The van der Waals surface area contributed by atoms with E-state index in [-0.39, 0.29) is 30.2 Å². The second-order valence-corrected chi connectivity index (χ2v) is 5.57. The van der Waals surface area contributed by atoms with E-state index in [9.17, 15) is 9.18 Å². The fraction of sp³-hybridized carbons (Fsp3) is 0.267. The van der Waals surface area contributed by atoms with Gasteiger partial charge in [0.05, 0.1) is 11.6 Å². The fourth-order valence-corrected chi connectivity index (χ4v) is 3.14. The highest BCUT2D eigenvalue weighted by Crippen LogP contribution is 2.25. The molecule has 0 saturated carbocycles. The number of carbonyl (C=O) groups excluding carboxylic acids is 1. The van der Waals surface area contributed by atoms with Gasteiger partial charge >= 0.3 is 0 Å². The molecule has 0 spiro atoms. The fourth-order valence-electron chi connectivity index (χ4n) is 2.51. The molecular formula is C15H16ClFN2OS. The first-order valence-corrected chi connectivity index (χ1v) is 7.49. The zero-order valence-corrected chi connectivity index (χ0v) is 12.9. The molecule has 2 heterocycles. The summed E-state index contributed by atoms with van der Waals surface area (Å²) in [6.07, 6.45) is 0. The minimum Gasteiger partial charge on any atom is -0.329 e. The van der Waals surface area contributed by atoms with Gasteiger partial charge in [0.2, 0.25) is 0 Å². The van der Waals surface area contributed by atoms with Crippen molar-refractivity contribution in [2.45, 2.75) is 6.04 Å². The quantitative estimate of drug-likeness (QED) is 0.919. The van der Waals surface area contributed by atoms with Crippen molar-refractivity contribution in [2.24, 2.45) is 0 Å². The average molecular weight is 327 g/mol. The van der Waals surface area contributed by atoms with E-state index in [4.69, 9.17) is 0 Å². The van der Waals surface area contributed by atoms with E-state index in [2.05, 4.69) is 5.32 Å². The molecule has 1 unspecified atom stereocenters. The van der Waals surface area contributed by atoms with Crippen LogP contribution in [0.4, 0.5) is 4.39 Å². The zero-order chi connectivity index (χ0) is 13.9. The maximum absolute atomic E-state index is 13.4. The maximum atomic E-state index is 13.4. The smallest absolute Gasteiger partial charge is 0.255 e. The molecule has 1 N–H and O–H groups in total. The first-order valence-electron chi connectivity index (χ1n) is 6.55. The van der Waals surface area contributed by atoms with Gasteiger partial charge in [-0.05, 0) is 29.1 Å². The summed E-state index contributed by atoms with van der Waals surface area (Å²) in [7, 11) is 0. The van der Waals surface area contributed by atoms with Crippen molar-refractivity contribution in [3.8, 4) is 0 Å². The van der Waals surface area contributed by atoms with Crippen LogP contribution in [0.15, 0.2) is 41.1 Å². The van der Waals surface area contributed by atoms with Crippen molar-refractivity contribution in [3.05, 3.63) is 58.0 Å². The van der Waals surface area contributed by atoms with Gasteiger partial charge in [-0.3, -0.25) is 4.79 Å². The third-order valence-corrected chi connectivity index (χ3v) is 4.19. The van der Waals surface area contributed by atoms with Gasteiger partial charge in [0, 0.05) is 25.0 Å². The first kappa shape index (κ1) is 15.9. The zero-order valence-electron chi connectivity index (χ0n) is 11.3. The van der Waals surface area contributed by atoms with Gasteiger partial charge in [0.15, 0.2) is 0 Å². The third-order valence-electron chi connectivity index (χ3n) is 3.51. The van der Waals surface area contributed by atoms with E-state index in [0.29, 0.717) is 18.7 Å². The van der Waals surface area contributed by atoms with E-state index >= 15 is 0 Å². The molecule has 21 heavy (non-hydrogen) atoms. The van der Waals surface area contributed by atoms with Crippen molar-refractivity contribution in [3.63, 3.8) is 0 Å². The van der Waals surface area contributed by atoms with Gasteiger partial charge in [-0.25, -0.2) is 4.39 Å². The van der Waals surface area contributed by atoms with Gasteiger partial charge in [-0.2, -0.15) is 11.3 Å². The minimum absolute atomic E-state index is 0. The summed E-state index contributed by atoms with van der Waals surface area (Å²) in [5.74, 6) is -0.252. The van der Waals surface area contributed by atoms with Gasteiger partial charge < -0.3 is 10.2 Å². The van der Waals surface area contributed by atoms with E-state index in [1.807, 2.05) is 27.8 Å². The Kier molecular flexibility index (Phi) is 5.33. The van der Waals surface area contributed by atoms with Crippen LogP contribution in [0.5, 0.6) is 0 Å². The monoisotopic (exact) mass is 326 g/mol. The first-order chi connectivity index (χ1) is 9.75. The highest BCUT2D eigenvalue weighted by atomic mass is 35.5. The summed E-state index contributed by atoms with van der Waals surface area (Å²) in [6, 6.07) is 8.20. The standard InChI is InChI=1S/C15H15FN2OS.ClH/c16-13-3-1-2-11(8-13)14-9-17-5-6-18(14)15(19)12-4-7-20-10-12;/h1-4,7-8,10,14,17H,5-6,9H2;1H. The Balaban J connectivity index is 0.00000161. The number of amides is 1. The molecule has 1 saturated heterocycles. The Morgan fingerprint density at radius 1 is 1.38 bits per heavy atom. The molecular weight excluding hydrogens is 311 g/mol. The molecule has 3 rings (SSSR count). The Morgan fingerprint density at radius 2 is 2.24 bits per heavy atom. The number of carbonyl (C=O) groups is 1. The second kappa shape index (κ2) is 7.02. The number of hydrogen-bond donors (Lipinski definition) is 1. The summed E-state index contributed by atoms with van der Waals surface area (Å²) in [4.78, 5) is 14.4. The number of nitrogens with one attached hydrogen (secondary N) is 1. The number of halogens is 2. The normalized spacial score (nSPS) is 18.1. The van der Waals surface area contributed by atoms with Crippen LogP contribution in [0.2, 0.25) is 0 Å². The predicted octanol–water partition coefficient (Wildman–Crippen LogP) is 3.10. The minimum atomic E-state index is -0.268. The summed E-state index contributed by atoms with van der Waals surface area (Å²) < 4.78 is 13.4. The van der Waals surface area contributed by atoms with Crippen LogP contribution in [-0.4, -0.2) is 30.4 Å². The average Bonchev–Trinajstić information content (AvgIpc) is 3.01. The topological polar surface area (TPSA) is 32.3 Å². The lowest BCUT2D eigenvalue weighted by Crippen LogP contribution is -2.48. The van der Waals surface area contributed by atoms with E-state index < -0.39 is 0 Å². The lowest BCUT2D eigenvalue weighted by molar-refractivity contribution is 0.0634. The van der Waals surface area contributed by atoms with Crippen LogP contribution in [0.1, 0.15) is 22.0 Å². The lowest BCUT2D eigenvalue weighted by Gasteiger charge is -2.36. The summed E-state index contributed by atoms with van der Waals surface area (Å²) >= 11 is 1.51. The summed E-state index contributed by atoms with van der Waals surface area (Å²) in [5.41, 5.74) is 1.54. The van der Waals surface area contributed by atoms with Crippen LogP contribution in [0.3, 0.4) is 0 Å². The van der Waals surface area contributed by atoms with Crippen LogP contribution in [0.25, 0.3) is 0 Å². The molecule has 1 amide bonds. The third kappa shape index (κ3) is 3.43. The van der Waals surface area contributed by atoms with Gasteiger partial charge in [-0.15, -0.1) is 12.4 Å². The molecule has 0 radical (unpaired) electrons. The molecule has 1 fully saturated rings. The van der Waals surface area contributed by atoms with Crippen LogP contribution in [-0.2, 0) is 0 Å². The largest absolute Gasteiger partial charge is 0.329 e. The second-order valence-electron chi connectivity index (χ2n) is 4.79. The highest BCUT2D eigenvalue weighted by Gasteiger charge is 2.28. The molecule has 3 nitrogen and oxygen atoms in total. The maximum Gasteiger partial charge on any atom is 0.255 e. The number of nitrogens with zero attached hydrogens (tertiary/aromatic N) is 1. The molecule has 1 aliphatic heterocycles. The number of hydrogen-bond acceptors (Lipinski definition) is 3. The SMILES string of the molecule is Cl.O=C(c1ccsc1)N1CCNCC1c1cccc(F)c1. The molecule has 2 aromatic rings. The van der Waals surface area contributed by atoms with Crippen LogP contribution < -0.4 is 5.32 Å². The van der Waals surface area contributed by atoms with Crippen molar-refractivity contribution in [1.29, 1.82) is 0 Å². The van der Waals surface area contributed by atoms with E-state index in [0.717, 1.165) is 12.1 Å². The van der Waals surface area contributed by atoms with Gasteiger partial charge in [-0.1, -0.05) is 12.1 Å². The van der Waals surface area contributed by atoms with Crippen molar-refractivity contribution in [2.75, 3.05) is 19.6 Å². The van der Waals surface area contributed by atoms with Crippen molar-refractivity contribution < 1.29 is 9.18 Å². The molecule has 1 aromatic carbocycles. The number of benzene rings is 1. The van der Waals surface area contributed by atoms with Crippen LogP contribution >= 0.6 is 23.7 Å². The number of rotatable bonds is 2. The molecule has 112 valence electrons. The molecule has 1 aliphatic rings. The Hall–Kier alpha value is -1.43. The highest BCUT2D eigenvalue weighted by molar-refractivity contribution is 7.08.